The van der Waals surface area contributed by atoms with Crippen molar-refractivity contribution in [3.63, 3.8) is 0 Å². The van der Waals surface area contributed by atoms with Crippen molar-refractivity contribution in [1.29, 1.82) is 0 Å². The number of rotatable bonds is 8. The van der Waals surface area contributed by atoms with E-state index in [-0.39, 0.29) is 22.1 Å². The maximum Gasteiger partial charge on any atom is 0.340 e. The molecule has 0 aliphatic rings. The zero-order valence-corrected chi connectivity index (χ0v) is 19.5. The van der Waals surface area contributed by atoms with Gasteiger partial charge in [0, 0.05) is 12.1 Å². The Morgan fingerprint density at radius 3 is 2.47 bits per heavy atom. The van der Waals surface area contributed by atoms with E-state index in [9.17, 15) is 18.0 Å². The van der Waals surface area contributed by atoms with E-state index in [1.165, 1.54) is 36.7 Å². The first-order chi connectivity index (χ1) is 15.2. The van der Waals surface area contributed by atoms with E-state index in [0.717, 1.165) is 11.3 Å². The van der Waals surface area contributed by atoms with Crippen LogP contribution in [0, 0.1) is 0 Å². The summed E-state index contributed by atoms with van der Waals surface area (Å²) in [7, 11) is -0.950. The second-order valence-electron chi connectivity index (χ2n) is 6.42. The third-order valence-corrected chi connectivity index (χ3v) is 7.73. The van der Waals surface area contributed by atoms with Crippen LogP contribution in [-0.2, 0) is 19.6 Å². The molecule has 168 valence electrons. The number of carbonyl (C=O) groups excluding carboxylic acids is 2. The number of nitrogens with zero attached hydrogens (tertiary/aromatic N) is 1. The van der Waals surface area contributed by atoms with E-state index in [0.29, 0.717) is 16.5 Å². The molecule has 1 aromatic heterocycles. The first-order valence-corrected chi connectivity index (χ1v) is 11.8. The lowest BCUT2D eigenvalue weighted by molar-refractivity contribution is -0.118. The molecule has 0 unspecified atom stereocenters. The topological polar surface area (TPSA) is 102 Å². The van der Waals surface area contributed by atoms with E-state index in [4.69, 9.17) is 21.1 Å². The molecule has 0 radical (unpaired) electrons. The molecule has 1 heterocycles. The van der Waals surface area contributed by atoms with Crippen molar-refractivity contribution in [2.24, 2.45) is 0 Å². The molecule has 0 bridgehead atoms. The number of thiophene rings is 1. The highest BCUT2D eigenvalue weighted by Crippen LogP contribution is 2.27. The third-order valence-electron chi connectivity index (χ3n) is 4.34. The number of sulfonamides is 1. The Morgan fingerprint density at radius 1 is 1.12 bits per heavy atom. The van der Waals surface area contributed by atoms with Gasteiger partial charge < -0.3 is 14.8 Å². The number of halogens is 1. The van der Waals surface area contributed by atoms with Crippen LogP contribution in [-0.4, -0.2) is 41.1 Å². The zero-order valence-electron chi connectivity index (χ0n) is 17.1. The summed E-state index contributed by atoms with van der Waals surface area (Å²) in [5.41, 5.74) is 0.803. The van der Waals surface area contributed by atoms with Crippen molar-refractivity contribution in [2.75, 3.05) is 30.4 Å². The van der Waals surface area contributed by atoms with E-state index in [2.05, 4.69) is 5.32 Å². The average Bonchev–Trinajstić information content (AvgIpc) is 3.34. The molecule has 3 rings (SSSR count). The molecular formula is C21H19ClN2O6S2. The molecule has 0 fully saturated rings. The van der Waals surface area contributed by atoms with Crippen molar-refractivity contribution >= 4 is 56.2 Å². The maximum atomic E-state index is 12.6. The predicted molar refractivity (Wildman–Crippen MR) is 123 cm³/mol. The lowest BCUT2D eigenvalue weighted by Crippen LogP contribution is -2.25. The molecule has 0 spiro atoms. The van der Waals surface area contributed by atoms with Gasteiger partial charge in [-0.1, -0.05) is 17.7 Å². The molecule has 0 aliphatic heterocycles. The van der Waals surface area contributed by atoms with Crippen molar-refractivity contribution in [3.8, 4) is 5.75 Å². The fourth-order valence-corrected chi connectivity index (χ4v) is 5.20. The van der Waals surface area contributed by atoms with Crippen LogP contribution in [0.25, 0.3) is 0 Å². The second kappa shape index (κ2) is 10.0. The molecule has 0 saturated carbocycles. The van der Waals surface area contributed by atoms with Gasteiger partial charge in [0.1, 0.15) is 9.96 Å². The summed E-state index contributed by atoms with van der Waals surface area (Å²) in [5.74, 6) is -0.769. The zero-order chi connectivity index (χ0) is 23.3. The van der Waals surface area contributed by atoms with Crippen molar-refractivity contribution in [2.45, 2.75) is 4.21 Å². The van der Waals surface area contributed by atoms with E-state index < -0.39 is 21.9 Å². The lowest BCUT2D eigenvalue weighted by atomic mass is 10.2. The highest BCUT2D eigenvalue weighted by molar-refractivity contribution is 7.94. The van der Waals surface area contributed by atoms with Crippen LogP contribution in [0.4, 0.5) is 11.4 Å². The monoisotopic (exact) mass is 494 g/mol. The average molecular weight is 495 g/mol. The molecule has 0 aliphatic carbocycles. The Kier molecular flexibility index (Phi) is 7.39. The van der Waals surface area contributed by atoms with Gasteiger partial charge in [-0.25, -0.2) is 13.2 Å². The molecule has 1 amide bonds. The van der Waals surface area contributed by atoms with Gasteiger partial charge in [-0.15, -0.1) is 11.3 Å². The van der Waals surface area contributed by atoms with Crippen LogP contribution in [0.5, 0.6) is 5.75 Å². The number of ether oxygens (including phenoxy) is 2. The quantitative estimate of drug-likeness (QED) is 0.474. The fourth-order valence-electron chi connectivity index (χ4n) is 2.68. The normalized spacial score (nSPS) is 11.0. The summed E-state index contributed by atoms with van der Waals surface area (Å²) < 4.78 is 36.8. The summed E-state index contributed by atoms with van der Waals surface area (Å²) >= 11 is 7.04. The lowest BCUT2D eigenvalue weighted by Gasteiger charge is -2.18. The molecular weight excluding hydrogens is 476 g/mol. The number of anilines is 2. The minimum atomic E-state index is -3.64. The summed E-state index contributed by atoms with van der Waals surface area (Å²) in [6, 6.07) is 13.9. The highest BCUT2D eigenvalue weighted by atomic mass is 35.5. The Hall–Kier alpha value is -3.08. The number of nitrogens with one attached hydrogen (secondary N) is 1. The third kappa shape index (κ3) is 5.39. The van der Waals surface area contributed by atoms with Crippen LogP contribution < -0.4 is 14.4 Å². The number of hydrogen-bond donors (Lipinski definition) is 1. The number of methoxy groups -OCH3 is 1. The standard InChI is InChI=1S/C21H19ClN2O6S2/c1-24(32(27,28)20-4-3-11-31-20)15-6-8-16(9-7-15)30-13-19(25)23-18-10-5-14(22)12-17(18)21(26)29-2/h3-12H,13H2,1-2H3,(H,23,25). The van der Waals surface area contributed by atoms with Crippen molar-refractivity contribution in [3.05, 3.63) is 70.6 Å². The summed E-state index contributed by atoms with van der Waals surface area (Å²) in [6.07, 6.45) is 0. The molecule has 1 N–H and O–H groups in total. The van der Waals surface area contributed by atoms with Gasteiger partial charge in [0.05, 0.1) is 24.0 Å². The van der Waals surface area contributed by atoms with Gasteiger partial charge in [-0.05, 0) is 53.9 Å². The van der Waals surface area contributed by atoms with Gasteiger partial charge >= 0.3 is 5.97 Å². The number of amides is 1. The van der Waals surface area contributed by atoms with E-state index in [1.807, 2.05) is 0 Å². The van der Waals surface area contributed by atoms with Gasteiger partial charge in [0.25, 0.3) is 15.9 Å². The number of benzene rings is 2. The SMILES string of the molecule is COC(=O)c1cc(Cl)ccc1NC(=O)COc1ccc(N(C)S(=O)(=O)c2cccs2)cc1. The van der Waals surface area contributed by atoms with Gasteiger partial charge in [-0.2, -0.15) is 0 Å². The first kappa shape index (κ1) is 23.6. The minimum Gasteiger partial charge on any atom is -0.484 e. The fraction of sp³-hybridized carbons (Fsp3) is 0.143. The maximum absolute atomic E-state index is 12.6. The van der Waals surface area contributed by atoms with Crippen LogP contribution in [0.3, 0.4) is 0 Å². The van der Waals surface area contributed by atoms with Gasteiger partial charge in [0.2, 0.25) is 0 Å². The second-order valence-corrected chi connectivity index (χ2v) is 10.00. The Labute approximate surface area is 194 Å². The molecule has 11 heteroatoms. The largest absolute Gasteiger partial charge is 0.484 e. The number of carbonyl (C=O) groups is 2. The Morgan fingerprint density at radius 2 is 1.84 bits per heavy atom. The number of hydrogen-bond acceptors (Lipinski definition) is 7. The highest BCUT2D eigenvalue weighted by Gasteiger charge is 2.22. The van der Waals surface area contributed by atoms with Gasteiger partial charge in [-0.3, -0.25) is 9.10 Å². The predicted octanol–water partition coefficient (Wildman–Crippen LogP) is 4.03. The summed E-state index contributed by atoms with van der Waals surface area (Å²) in [6.45, 7) is -0.327. The molecule has 2 aromatic carbocycles. The van der Waals surface area contributed by atoms with Crippen LogP contribution >= 0.6 is 22.9 Å². The summed E-state index contributed by atoms with van der Waals surface area (Å²) in [4.78, 5) is 24.1. The molecule has 0 saturated heterocycles. The van der Waals surface area contributed by atoms with Crippen LogP contribution in [0.1, 0.15) is 10.4 Å². The van der Waals surface area contributed by atoms with Crippen molar-refractivity contribution in [1.82, 2.24) is 0 Å². The van der Waals surface area contributed by atoms with E-state index >= 15 is 0 Å². The first-order valence-electron chi connectivity index (χ1n) is 9.15. The molecule has 32 heavy (non-hydrogen) atoms. The van der Waals surface area contributed by atoms with Gasteiger partial charge in [0.15, 0.2) is 6.61 Å². The Balaban J connectivity index is 1.62. The van der Waals surface area contributed by atoms with Crippen LogP contribution in [0.15, 0.2) is 64.2 Å². The van der Waals surface area contributed by atoms with Crippen LogP contribution in [0.2, 0.25) is 5.02 Å². The van der Waals surface area contributed by atoms with E-state index in [1.54, 1.807) is 41.8 Å². The molecule has 3 aromatic rings. The van der Waals surface area contributed by atoms with Crippen molar-refractivity contribution < 1.29 is 27.5 Å². The summed E-state index contributed by atoms with van der Waals surface area (Å²) in [5, 5.41) is 4.60. The minimum absolute atomic E-state index is 0.118. The molecule has 8 nitrogen and oxygen atoms in total. The molecule has 0 atom stereocenters. The number of esters is 1. The Bertz CT molecular complexity index is 1210. The smallest absolute Gasteiger partial charge is 0.340 e.